The van der Waals surface area contributed by atoms with E-state index in [1.807, 2.05) is 6.92 Å². The number of aliphatic hydroxyl groups is 1. The summed E-state index contributed by atoms with van der Waals surface area (Å²) in [6.07, 6.45) is 3.56. The minimum atomic E-state index is -0.877. The smallest absolute Gasteiger partial charge is 0.310 e. The lowest BCUT2D eigenvalue weighted by Gasteiger charge is -2.24. The number of carboxylic acid groups (broad SMARTS) is 1. The Balaban J connectivity index is 2.56. The van der Waals surface area contributed by atoms with E-state index < -0.39 is 11.4 Å². The van der Waals surface area contributed by atoms with E-state index in [0.29, 0.717) is 19.3 Å². The van der Waals surface area contributed by atoms with Gasteiger partial charge >= 0.3 is 5.97 Å². The molecule has 1 saturated carbocycles. The van der Waals surface area contributed by atoms with E-state index in [-0.39, 0.29) is 25.0 Å². The third-order valence-electron chi connectivity index (χ3n) is 3.59. The van der Waals surface area contributed by atoms with Crippen molar-refractivity contribution < 1.29 is 19.8 Å². The molecule has 0 unspecified atom stereocenters. The van der Waals surface area contributed by atoms with E-state index in [9.17, 15) is 14.7 Å². The molecule has 1 aliphatic rings. The molecule has 1 rings (SSSR count). The summed E-state index contributed by atoms with van der Waals surface area (Å²) in [7, 11) is 0. The lowest BCUT2D eigenvalue weighted by atomic mass is 9.82. The van der Waals surface area contributed by atoms with Crippen LogP contribution in [0.2, 0.25) is 0 Å². The van der Waals surface area contributed by atoms with Crippen LogP contribution in [0.1, 0.15) is 45.4 Å². The fraction of sp³-hybridized carbons (Fsp3) is 0.833. The molecule has 98 valence electrons. The van der Waals surface area contributed by atoms with Crippen LogP contribution < -0.4 is 5.32 Å². The van der Waals surface area contributed by atoms with Crippen LogP contribution in [0.25, 0.3) is 0 Å². The first kappa shape index (κ1) is 14.0. The highest BCUT2D eigenvalue weighted by Crippen LogP contribution is 2.41. The number of aliphatic hydroxyl groups excluding tert-OH is 1. The van der Waals surface area contributed by atoms with E-state index >= 15 is 0 Å². The Bertz CT molecular complexity index is 280. The van der Waals surface area contributed by atoms with Gasteiger partial charge in [0, 0.05) is 6.42 Å². The molecule has 5 nitrogen and oxygen atoms in total. The van der Waals surface area contributed by atoms with Crippen molar-refractivity contribution in [2.75, 3.05) is 6.61 Å². The predicted molar refractivity (Wildman–Crippen MR) is 62.5 cm³/mol. The Hall–Kier alpha value is -1.10. The van der Waals surface area contributed by atoms with Gasteiger partial charge in [0.25, 0.3) is 0 Å². The third kappa shape index (κ3) is 3.43. The van der Waals surface area contributed by atoms with Crippen LogP contribution >= 0.6 is 0 Å². The molecule has 5 heteroatoms. The standard InChI is InChI=1S/C12H21NO4/c1-2-9(8-14)13-10(15)7-12(11(16)17)5-3-4-6-12/h9,14H,2-8H2,1H3,(H,13,15)(H,16,17)/t9-/m1/s1. The maximum absolute atomic E-state index is 11.8. The summed E-state index contributed by atoms with van der Waals surface area (Å²) in [6.45, 7) is 1.76. The van der Waals surface area contributed by atoms with Gasteiger partial charge in [-0.1, -0.05) is 19.8 Å². The second kappa shape index (κ2) is 6.00. The maximum atomic E-state index is 11.8. The maximum Gasteiger partial charge on any atom is 0.310 e. The zero-order chi connectivity index (χ0) is 12.9. The Morgan fingerprint density at radius 3 is 2.35 bits per heavy atom. The molecule has 0 aromatic rings. The molecular formula is C12H21NO4. The number of aliphatic carboxylic acids is 1. The molecule has 0 heterocycles. The summed E-state index contributed by atoms with van der Waals surface area (Å²) in [5.74, 6) is -1.14. The van der Waals surface area contributed by atoms with Gasteiger partial charge in [-0.3, -0.25) is 9.59 Å². The minimum absolute atomic E-state index is 0.0266. The van der Waals surface area contributed by atoms with Gasteiger partial charge in [-0.05, 0) is 19.3 Å². The lowest BCUT2D eigenvalue weighted by molar-refractivity contribution is -0.151. The van der Waals surface area contributed by atoms with Crippen molar-refractivity contribution in [2.24, 2.45) is 5.41 Å². The molecule has 0 saturated heterocycles. The molecule has 0 bridgehead atoms. The summed E-state index contributed by atoms with van der Waals surface area (Å²) in [6, 6.07) is -0.269. The normalized spacial score (nSPS) is 19.9. The Labute approximate surface area is 101 Å². The summed E-state index contributed by atoms with van der Waals surface area (Å²) >= 11 is 0. The van der Waals surface area contributed by atoms with Crippen LogP contribution in [0, 0.1) is 5.41 Å². The SMILES string of the molecule is CC[C@H](CO)NC(=O)CC1(C(=O)O)CCCC1. The van der Waals surface area contributed by atoms with E-state index in [0.717, 1.165) is 12.8 Å². The summed E-state index contributed by atoms with van der Waals surface area (Å²) < 4.78 is 0. The molecule has 0 spiro atoms. The molecule has 0 aromatic carbocycles. The average molecular weight is 243 g/mol. The van der Waals surface area contributed by atoms with Crippen molar-refractivity contribution in [3.05, 3.63) is 0 Å². The van der Waals surface area contributed by atoms with Gasteiger partial charge in [-0.15, -0.1) is 0 Å². The van der Waals surface area contributed by atoms with Crippen molar-refractivity contribution in [2.45, 2.75) is 51.5 Å². The fourth-order valence-corrected chi connectivity index (χ4v) is 2.38. The monoisotopic (exact) mass is 243 g/mol. The number of rotatable bonds is 6. The third-order valence-corrected chi connectivity index (χ3v) is 3.59. The van der Waals surface area contributed by atoms with Crippen molar-refractivity contribution in [3.63, 3.8) is 0 Å². The molecular weight excluding hydrogens is 222 g/mol. The van der Waals surface area contributed by atoms with E-state index in [2.05, 4.69) is 5.32 Å². The van der Waals surface area contributed by atoms with Crippen LogP contribution in [0.3, 0.4) is 0 Å². The largest absolute Gasteiger partial charge is 0.481 e. The molecule has 0 aromatic heterocycles. The highest BCUT2D eigenvalue weighted by molar-refractivity contribution is 5.85. The molecule has 1 amide bonds. The summed E-state index contributed by atoms with van der Waals surface area (Å²) in [5.41, 5.74) is -0.877. The molecule has 17 heavy (non-hydrogen) atoms. The number of carboxylic acids is 1. The fourth-order valence-electron chi connectivity index (χ4n) is 2.38. The second-order valence-electron chi connectivity index (χ2n) is 4.82. The molecule has 1 aliphatic carbocycles. The van der Waals surface area contributed by atoms with Crippen molar-refractivity contribution >= 4 is 11.9 Å². The van der Waals surface area contributed by atoms with Crippen molar-refractivity contribution in [3.8, 4) is 0 Å². The predicted octanol–water partition coefficient (Wildman–Crippen LogP) is 0.909. The zero-order valence-electron chi connectivity index (χ0n) is 10.2. The van der Waals surface area contributed by atoms with E-state index in [4.69, 9.17) is 5.11 Å². The van der Waals surface area contributed by atoms with Crippen LogP contribution in [0.4, 0.5) is 0 Å². The first-order valence-corrected chi connectivity index (χ1v) is 6.17. The number of carbonyl (C=O) groups excluding carboxylic acids is 1. The van der Waals surface area contributed by atoms with Gasteiger partial charge in [-0.25, -0.2) is 0 Å². The number of hydrogen-bond donors (Lipinski definition) is 3. The van der Waals surface area contributed by atoms with Gasteiger partial charge in [0.2, 0.25) is 5.91 Å². The quantitative estimate of drug-likeness (QED) is 0.647. The number of nitrogens with one attached hydrogen (secondary N) is 1. The first-order chi connectivity index (χ1) is 8.04. The summed E-state index contributed by atoms with van der Waals surface area (Å²) in [5, 5.41) is 20.9. The zero-order valence-corrected chi connectivity index (χ0v) is 10.2. The lowest BCUT2D eigenvalue weighted by Crippen LogP contribution is -2.41. The van der Waals surface area contributed by atoms with Gasteiger partial charge in [0.15, 0.2) is 0 Å². The topological polar surface area (TPSA) is 86.6 Å². The summed E-state index contributed by atoms with van der Waals surface area (Å²) in [4.78, 5) is 23.0. The molecule has 1 fully saturated rings. The van der Waals surface area contributed by atoms with Gasteiger partial charge in [0.05, 0.1) is 18.1 Å². The average Bonchev–Trinajstić information content (AvgIpc) is 2.75. The molecule has 1 atom stereocenters. The molecule has 0 aliphatic heterocycles. The number of amides is 1. The Morgan fingerprint density at radius 1 is 1.35 bits per heavy atom. The van der Waals surface area contributed by atoms with Crippen LogP contribution in [0.15, 0.2) is 0 Å². The Morgan fingerprint density at radius 2 is 1.94 bits per heavy atom. The number of hydrogen-bond acceptors (Lipinski definition) is 3. The van der Waals surface area contributed by atoms with Crippen molar-refractivity contribution in [1.29, 1.82) is 0 Å². The number of carbonyl (C=O) groups is 2. The second-order valence-corrected chi connectivity index (χ2v) is 4.82. The van der Waals surface area contributed by atoms with E-state index in [1.54, 1.807) is 0 Å². The van der Waals surface area contributed by atoms with Crippen LogP contribution in [-0.4, -0.2) is 34.7 Å². The first-order valence-electron chi connectivity index (χ1n) is 6.17. The van der Waals surface area contributed by atoms with Crippen LogP contribution in [0.5, 0.6) is 0 Å². The Kier molecular flexibility index (Phi) is 4.93. The highest BCUT2D eigenvalue weighted by atomic mass is 16.4. The van der Waals surface area contributed by atoms with E-state index in [1.165, 1.54) is 0 Å². The van der Waals surface area contributed by atoms with Crippen molar-refractivity contribution in [1.82, 2.24) is 5.32 Å². The highest BCUT2D eigenvalue weighted by Gasteiger charge is 2.43. The molecule has 0 radical (unpaired) electrons. The van der Waals surface area contributed by atoms with Crippen LogP contribution in [-0.2, 0) is 9.59 Å². The minimum Gasteiger partial charge on any atom is -0.481 e. The van der Waals surface area contributed by atoms with Gasteiger partial charge in [-0.2, -0.15) is 0 Å². The van der Waals surface area contributed by atoms with Gasteiger partial charge < -0.3 is 15.5 Å². The van der Waals surface area contributed by atoms with Gasteiger partial charge in [0.1, 0.15) is 0 Å². The molecule has 3 N–H and O–H groups in total.